The van der Waals surface area contributed by atoms with Crippen LogP contribution in [0.3, 0.4) is 0 Å². The number of hydrogen-bond donors (Lipinski definition) is 1. The quantitative estimate of drug-likeness (QED) is 0.914. The molecule has 1 aromatic rings. The standard InChI is InChI=1S/C17H27N3O/c1-18-17-14-8-4-5-9-16(14)21-12-15(17)20(3)11-13-7-6-10-19(13)2/h4-5,8-9,13,15,17-18H,6-7,10-12H2,1-3H3. The summed E-state index contributed by atoms with van der Waals surface area (Å²) in [4.78, 5) is 4.96. The molecule has 0 bridgehead atoms. The fraction of sp³-hybridized carbons (Fsp3) is 0.647. The predicted octanol–water partition coefficient (Wildman–Crippen LogP) is 1.73. The van der Waals surface area contributed by atoms with Crippen LogP contribution in [0.4, 0.5) is 0 Å². The number of rotatable bonds is 4. The molecule has 21 heavy (non-hydrogen) atoms. The molecular weight excluding hydrogens is 262 g/mol. The highest BCUT2D eigenvalue weighted by atomic mass is 16.5. The van der Waals surface area contributed by atoms with Crippen LogP contribution in [0.2, 0.25) is 0 Å². The fourth-order valence-corrected chi connectivity index (χ4v) is 3.75. The molecule has 0 spiro atoms. The molecule has 0 saturated carbocycles. The van der Waals surface area contributed by atoms with Crippen molar-refractivity contribution in [3.63, 3.8) is 0 Å². The molecule has 4 nitrogen and oxygen atoms in total. The van der Waals surface area contributed by atoms with E-state index in [9.17, 15) is 0 Å². The first-order chi connectivity index (χ1) is 10.2. The smallest absolute Gasteiger partial charge is 0.124 e. The molecule has 0 amide bonds. The van der Waals surface area contributed by atoms with Crippen LogP contribution >= 0.6 is 0 Å². The number of fused-ring (bicyclic) bond motifs is 1. The number of nitrogens with one attached hydrogen (secondary N) is 1. The van der Waals surface area contributed by atoms with Gasteiger partial charge in [0.15, 0.2) is 0 Å². The third kappa shape index (κ3) is 2.93. The van der Waals surface area contributed by atoms with Crippen LogP contribution in [-0.2, 0) is 0 Å². The number of likely N-dealkylation sites (tertiary alicyclic amines) is 1. The lowest BCUT2D eigenvalue weighted by Crippen LogP contribution is -2.51. The van der Waals surface area contributed by atoms with Gasteiger partial charge in [-0.05, 0) is 46.6 Å². The second-order valence-corrected chi connectivity index (χ2v) is 6.40. The average molecular weight is 289 g/mol. The van der Waals surface area contributed by atoms with Gasteiger partial charge in [-0.3, -0.25) is 4.90 Å². The SMILES string of the molecule is CNC1c2ccccc2OCC1N(C)CC1CCCN1C. The van der Waals surface area contributed by atoms with E-state index in [1.54, 1.807) is 0 Å². The number of nitrogens with zero attached hydrogens (tertiary/aromatic N) is 2. The Bertz CT molecular complexity index is 479. The largest absolute Gasteiger partial charge is 0.492 e. The highest BCUT2D eigenvalue weighted by Gasteiger charge is 2.34. The maximum absolute atomic E-state index is 5.99. The van der Waals surface area contributed by atoms with Crippen molar-refractivity contribution in [3.05, 3.63) is 29.8 Å². The minimum atomic E-state index is 0.339. The number of benzene rings is 1. The van der Waals surface area contributed by atoms with Crippen LogP contribution in [0, 0.1) is 0 Å². The number of hydrogen-bond acceptors (Lipinski definition) is 4. The van der Waals surface area contributed by atoms with Gasteiger partial charge in [0.25, 0.3) is 0 Å². The van der Waals surface area contributed by atoms with Crippen molar-refractivity contribution >= 4 is 0 Å². The summed E-state index contributed by atoms with van der Waals surface area (Å²) in [6, 6.07) is 9.80. The van der Waals surface area contributed by atoms with Gasteiger partial charge in [0.2, 0.25) is 0 Å². The first-order valence-electron chi connectivity index (χ1n) is 8.00. The minimum Gasteiger partial charge on any atom is -0.492 e. The molecular formula is C17H27N3O. The van der Waals surface area contributed by atoms with Crippen molar-refractivity contribution in [2.75, 3.05) is 40.8 Å². The van der Waals surface area contributed by atoms with Crippen LogP contribution in [-0.4, -0.2) is 62.7 Å². The van der Waals surface area contributed by atoms with Gasteiger partial charge in [-0.25, -0.2) is 0 Å². The molecule has 116 valence electrons. The second kappa shape index (κ2) is 6.34. The van der Waals surface area contributed by atoms with E-state index < -0.39 is 0 Å². The summed E-state index contributed by atoms with van der Waals surface area (Å²) in [6.45, 7) is 3.11. The van der Waals surface area contributed by atoms with E-state index in [4.69, 9.17) is 4.74 Å². The van der Waals surface area contributed by atoms with Crippen molar-refractivity contribution < 1.29 is 4.74 Å². The molecule has 0 radical (unpaired) electrons. The molecule has 1 N–H and O–H groups in total. The molecule has 2 aliphatic heterocycles. The molecule has 1 saturated heterocycles. The lowest BCUT2D eigenvalue weighted by atomic mass is 9.95. The van der Waals surface area contributed by atoms with E-state index in [0.717, 1.165) is 18.9 Å². The normalized spacial score (nSPS) is 29.4. The second-order valence-electron chi connectivity index (χ2n) is 6.40. The molecule has 1 fully saturated rings. The molecule has 3 unspecified atom stereocenters. The topological polar surface area (TPSA) is 27.7 Å². The predicted molar refractivity (Wildman–Crippen MR) is 85.8 cm³/mol. The van der Waals surface area contributed by atoms with Gasteiger partial charge < -0.3 is 15.0 Å². The molecule has 3 atom stereocenters. The van der Waals surface area contributed by atoms with Gasteiger partial charge in [-0.1, -0.05) is 18.2 Å². The fourth-order valence-electron chi connectivity index (χ4n) is 3.75. The Morgan fingerprint density at radius 3 is 2.90 bits per heavy atom. The Morgan fingerprint density at radius 1 is 1.38 bits per heavy atom. The van der Waals surface area contributed by atoms with Crippen LogP contribution in [0.1, 0.15) is 24.4 Å². The Labute approximate surface area is 128 Å². The molecule has 4 heteroatoms. The molecule has 1 aromatic carbocycles. The van der Waals surface area contributed by atoms with Crippen LogP contribution < -0.4 is 10.1 Å². The van der Waals surface area contributed by atoms with E-state index in [1.807, 2.05) is 6.07 Å². The van der Waals surface area contributed by atoms with Crippen molar-refractivity contribution in [1.82, 2.24) is 15.1 Å². The Hall–Kier alpha value is -1.10. The third-order valence-electron chi connectivity index (χ3n) is 5.10. The maximum atomic E-state index is 5.99. The van der Waals surface area contributed by atoms with Crippen LogP contribution in [0.5, 0.6) is 5.75 Å². The summed E-state index contributed by atoms with van der Waals surface area (Å²) in [5.74, 6) is 1.03. The van der Waals surface area contributed by atoms with Crippen LogP contribution in [0.15, 0.2) is 24.3 Å². The average Bonchev–Trinajstić information content (AvgIpc) is 2.91. The lowest BCUT2D eigenvalue weighted by molar-refractivity contribution is 0.0898. The van der Waals surface area contributed by atoms with E-state index >= 15 is 0 Å². The number of ether oxygens (including phenoxy) is 1. The molecule has 0 aromatic heterocycles. The lowest BCUT2D eigenvalue weighted by Gasteiger charge is -2.40. The highest BCUT2D eigenvalue weighted by molar-refractivity contribution is 5.38. The monoisotopic (exact) mass is 289 g/mol. The minimum absolute atomic E-state index is 0.339. The molecule has 3 rings (SSSR count). The highest BCUT2D eigenvalue weighted by Crippen LogP contribution is 2.33. The first kappa shape index (κ1) is 14.8. The summed E-state index contributed by atoms with van der Waals surface area (Å²) >= 11 is 0. The Kier molecular flexibility index (Phi) is 4.48. The summed E-state index contributed by atoms with van der Waals surface area (Å²) in [5.41, 5.74) is 1.28. The van der Waals surface area contributed by atoms with Crippen molar-refractivity contribution in [1.29, 1.82) is 0 Å². The summed E-state index contributed by atoms with van der Waals surface area (Å²) in [7, 11) is 6.53. The summed E-state index contributed by atoms with van der Waals surface area (Å²) < 4.78 is 5.99. The maximum Gasteiger partial charge on any atom is 0.124 e. The van der Waals surface area contributed by atoms with E-state index in [0.29, 0.717) is 18.1 Å². The van der Waals surface area contributed by atoms with Gasteiger partial charge in [0.05, 0.1) is 12.1 Å². The van der Waals surface area contributed by atoms with Crippen molar-refractivity contribution in [3.8, 4) is 5.75 Å². The van der Waals surface area contributed by atoms with Crippen LogP contribution in [0.25, 0.3) is 0 Å². The van der Waals surface area contributed by atoms with Gasteiger partial charge in [-0.15, -0.1) is 0 Å². The zero-order chi connectivity index (χ0) is 14.8. The first-order valence-corrected chi connectivity index (χ1v) is 8.00. The Balaban J connectivity index is 1.73. The zero-order valence-electron chi connectivity index (χ0n) is 13.4. The van der Waals surface area contributed by atoms with E-state index in [1.165, 1.54) is 24.9 Å². The van der Waals surface area contributed by atoms with Gasteiger partial charge in [0.1, 0.15) is 12.4 Å². The van der Waals surface area contributed by atoms with Crippen molar-refractivity contribution in [2.24, 2.45) is 0 Å². The summed E-state index contributed by atoms with van der Waals surface area (Å²) in [6.07, 6.45) is 2.64. The zero-order valence-corrected chi connectivity index (χ0v) is 13.4. The number of para-hydroxylation sites is 1. The third-order valence-corrected chi connectivity index (χ3v) is 5.10. The Morgan fingerprint density at radius 2 is 2.19 bits per heavy atom. The molecule has 2 heterocycles. The molecule has 0 aliphatic carbocycles. The number of likely N-dealkylation sites (N-methyl/N-ethyl adjacent to an activating group) is 3. The van der Waals surface area contributed by atoms with E-state index in [2.05, 4.69) is 54.5 Å². The van der Waals surface area contributed by atoms with Crippen molar-refractivity contribution in [2.45, 2.75) is 31.0 Å². The summed E-state index contributed by atoms with van der Waals surface area (Å²) in [5, 5.41) is 3.49. The molecule has 2 aliphatic rings. The van der Waals surface area contributed by atoms with Gasteiger partial charge >= 0.3 is 0 Å². The van der Waals surface area contributed by atoms with Gasteiger partial charge in [0, 0.05) is 18.2 Å². The van der Waals surface area contributed by atoms with Gasteiger partial charge in [-0.2, -0.15) is 0 Å². The van der Waals surface area contributed by atoms with E-state index in [-0.39, 0.29) is 0 Å².